The average molecular weight is 858 g/mol. The van der Waals surface area contributed by atoms with Gasteiger partial charge in [0.15, 0.2) is 13.9 Å². The molecule has 0 saturated heterocycles. The Morgan fingerprint density at radius 1 is 0.333 bits per heavy atom. The van der Waals surface area contributed by atoms with Gasteiger partial charge in [0, 0.05) is 38.4 Å². The lowest BCUT2D eigenvalue weighted by Crippen LogP contribution is -2.74. The second-order valence-electron chi connectivity index (χ2n) is 17.0. The molecule has 4 heterocycles. The summed E-state index contributed by atoms with van der Waals surface area (Å²) < 4.78 is 6.76. The normalized spacial score (nSPS) is 11.9. The molecule has 66 heavy (non-hydrogen) atoms. The summed E-state index contributed by atoms with van der Waals surface area (Å²) in [4.78, 5) is 5.67. The third-order valence-corrected chi connectivity index (χ3v) is 18.4. The van der Waals surface area contributed by atoms with Crippen molar-refractivity contribution in [1.29, 1.82) is 5.26 Å². The van der Waals surface area contributed by atoms with Crippen molar-refractivity contribution in [3.05, 3.63) is 242 Å². The van der Waals surface area contributed by atoms with Gasteiger partial charge in [0.25, 0.3) is 0 Å². The van der Waals surface area contributed by atoms with E-state index >= 15 is 0 Å². The summed E-state index contributed by atoms with van der Waals surface area (Å²) >= 11 is 0. The minimum atomic E-state index is -2.87. The largest absolute Gasteiger partial charge is 0.308 e. The van der Waals surface area contributed by atoms with Gasteiger partial charge in [0.2, 0.25) is 0 Å². The number of benzene rings is 9. The fourth-order valence-electron chi connectivity index (χ4n) is 10.9. The van der Waals surface area contributed by atoms with E-state index in [-0.39, 0.29) is 0 Å². The molecule has 13 aromatic rings. The third kappa shape index (κ3) is 5.41. The summed E-state index contributed by atoms with van der Waals surface area (Å²) in [5.41, 5.74) is 7.35. The maximum absolute atomic E-state index is 11.7. The van der Waals surface area contributed by atoms with Crippen LogP contribution in [-0.2, 0) is 0 Å². The first-order valence-corrected chi connectivity index (χ1v) is 24.4. The summed E-state index contributed by atoms with van der Waals surface area (Å²) in [6.45, 7) is 0. The topological polar surface area (TPSA) is 51.5 Å². The van der Waals surface area contributed by atoms with Gasteiger partial charge in [-0.05, 0) is 57.1 Å². The second kappa shape index (κ2) is 14.9. The van der Waals surface area contributed by atoms with Crippen molar-refractivity contribution in [3.8, 4) is 23.4 Å². The first kappa shape index (κ1) is 37.8. The molecule has 0 N–H and O–H groups in total. The van der Waals surface area contributed by atoms with Crippen molar-refractivity contribution < 1.29 is 0 Å². The van der Waals surface area contributed by atoms with E-state index in [2.05, 4.69) is 256 Å². The molecule has 0 unspecified atom stereocenters. The summed E-state index contributed by atoms with van der Waals surface area (Å²) in [7, 11) is -2.87. The Morgan fingerprint density at radius 2 is 0.697 bits per heavy atom. The van der Waals surface area contributed by atoms with Crippen LogP contribution in [-0.4, -0.2) is 26.8 Å². The van der Waals surface area contributed by atoms with Crippen molar-refractivity contribution in [1.82, 2.24) is 18.7 Å². The number of hydrogen-bond donors (Lipinski definition) is 0. The van der Waals surface area contributed by atoms with Gasteiger partial charge in [0.05, 0.1) is 38.8 Å². The zero-order valence-electron chi connectivity index (χ0n) is 35.8. The van der Waals surface area contributed by atoms with Gasteiger partial charge in [-0.1, -0.05) is 194 Å². The predicted molar refractivity (Wildman–Crippen MR) is 276 cm³/mol. The Kier molecular flexibility index (Phi) is 8.54. The van der Waals surface area contributed by atoms with Crippen LogP contribution in [0.25, 0.3) is 82.7 Å². The van der Waals surface area contributed by atoms with Crippen LogP contribution < -0.4 is 20.7 Å². The van der Waals surface area contributed by atoms with E-state index in [4.69, 9.17) is 4.98 Å². The van der Waals surface area contributed by atoms with Gasteiger partial charge in [-0.2, -0.15) is 5.26 Å². The van der Waals surface area contributed by atoms with E-state index in [1.165, 1.54) is 20.7 Å². The lowest BCUT2D eigenvalue weighted by molar-refractivity contribution is 0.989. The van der Waals surface area contributed by atoms with E-state index in [9.17, 15) is 5.26 Å². The molecule has 5 nitrogen and oxygen atoms in total. The second-order valence-corrected chi connectivity index (χ2v) is 20.8. The van der Waals surface area contributed by atoms with E-state index in [1.807, 2.05) is 0 Å². The summed E-state index contributed by atoms with van der Waals surface area (Å²) in [5, 5.41) is 23.6. The molecule has 0 spiro atoms. The number of nitrogens with zero attached hydrogens (tertiary/aromatic N) is 5. The summed E-state index contributed by atoms with van der Waals surface area (Å²) in [6, 6.07) is 87.7. The molecule has 0 bridgehead atoms. The Hall–Kier alpha value is -8.76. The van der Waals surface area contributed by atoms with Gasteiger partial charge in [-0.25, -0.2) is 4.98 Å². The predicted octanol–water partition coefficient (Wildman–Crippen LogP) is 11.6. The Bertz CT molecular complexity index is 3860. The smallest absolute Gasteiger partial charge is 0.179 e. The van der Waals surface area contributed by atoms with Crippen molar-refractivity contribution >= 4 is 94.2 Å². The van der Waals surface area contributed by atoms with Crippen LogP contribution in [0.1, 0.15) is 5.56 Å². The van der Waals surface area contributed by atoms with Crippen molar-refractivity contribution in [2.24, 2.45) is 0 Å². The minimum absolute atomic E-state index is 0.485. The number of pyridine rings is 1. The van der Waals surface area contributed by atoms with E-state index in [0.29, 0.717) is 11.4 Å². The van der Waals surface area contributed by atoms with E-state index in [1.54, 1.807) is 0 Å². The van der Waals surface area contributed by atoms with Crippen molar-refractivity contribution in [2.45, 2.75) is 0 Å². The highest BCUT2D eigenvalue weighted by Crippen LogP contribution is 2.39. The Balaban J connectivity index is 1.17. The van der Waals surface area contributed by atoms with Gasteiger partial charge in [0.1, 0.15) is 17.5 Å². The highest BCUT2D eigenvalue weighted by molar-refractivity contribution is 7.20. The van der Waals surface area contributed by atoms with Crippen LogP contribution in [0.3, 0.4) is 0 Å². The standard InChI is InChI=1S/C60H39N5Si/c61-40-51-58(63-52-31-15-10-26-45(52)46-27-11-16-32-53(46)63)39-59(64-54-33-17-12-28-47(54)48-29-13-18-34-55(48)64)62-60(51)65-56-35-19-14-30-49(56)50-38-44(36-37-57(50)65)66(41-20-4-1-5-21-41,42-22-6-2-7-23-42)43-24-8-3-9-25-43/h1-39H. The average Bonchev–Trinajstić information content (AvgIpc) is 4.03. The van der Waals surface area contributed by atoms with Gasteiger partial charge in [-0.15, -0.1) is 0 Å². The molecule has 0 aliphatic heterocycles. The molecule has 13 rings (SSSR count). The number of aromatic nitrogens is 4. The number of fused-ring (bicyclic) bond motifs is 9. The molecular weight excluding hydrogens is 819 g/mol. The zero-order chi connectivity index (χ0) is 43.8. The van der Waals surface area contributed by atoms with Crippen LogP contribution in [0, 0.1) is 11.3 Å². The molecule has 308 valence electrons. The quantitative estimate of drug-likeness (QED) is 0.118. The fourth-order valence-corrected chi connectivity index (χ4v) is 15.7. The number of para-hydroxylation sites is 5. The SMILES string of the molecule is N#Cc1c(-n2c3ccccc3c3ccccc32)cc(-n2c3ccccc3c3ccccc32)nc1-n1c2ccccc2c2cc([Si](c3ccccc3)(c3ccccc3)c3ccccc3)ccc21. The maximum atomic E-state index is 11.7. The molecule has 6 heteroatoms. The van der Waals surface area contributed by atoms with Crippen LogP contribution in [0.15, 0.2) is 237 Å². The third-order valence-electron chi connectivity index (χ3n) is 13.6. The van der Waals surface area contributed by atoms with Crippen LogP contribution in [0.4, 0.5) is 0 Å². The molecule has 0 amide bonds. The van der Waals surface area contributed by atoms with Crippen molar-refractivity contribution in [2.75, 3.05) is 0 Å². The number of hydrogen-bond acceptors (Lipinski definition) is 2. The van der Waals surface area contributed by atoms with Crippen LogP contribution in [0.2, 0.25) is 0 Å². The molecule has 0 saturated carbocycles. The minimum Gasteiger partial charge on any atom is -0.308 e. The summed E-state index contributed by atoms with van der Waals surface area (Å²) in [6.07, 6.45) is 0. The molecule has 0 fully saturated rings. The maximum Gasteiger partial charge on any atom is 0.179 e. The highest BCUT2D eigenvalue weighted by Gasteiger charge is 2.41. The van der Waals surface area contributed by atoms with Gasteiger partial charge in [-0.3, -0.25) is 9.13 Å². The molecular formula is C60H39N5Si. The molecule has 0 atom stereocenters. The van der Waals surface area contributed by atoms with E-state index in [0.717, 1.165) is 76.9 Å². The van der Waals surface area contributed by atoms with E-state index < -0.39 is 8.07 Å². The molecule has 0 radical (unpaired) electrons. The van der Waals surface area contributed by atoms with Gasteiger partial charge < -0.3 is 4.57 Å². The molecule has 4 aromatic heterocycles. The number of rotatable bonds is 7. The highest BCUT2D eigenvalue weighted by atomic mass is 28.3. The lowest BCUT2D eigenvalue weighted by Gasteiger charge is -2.34. The zero-order valence-corrected chi connectivity index (χ0v) is 36.8. The molecule has 0 aliphatic rings. The monoisotopic (exact) mass is 857 g/mol. The van der Waals surface area contributed by atoms with Crippen molar-refractivity contribution in [3.63, 3.8) is 0 Å². The first-order valence-electron chi connectivity index (χ1n) is 22.4. The molecule has 0 aliphatic carbocycles. The fraction of sp³-hybridized carbons (Fsp3) is 0. The van der Waals surface area contributed by atoms with Gasteiger partial charge >= 0.3 is 0 Å². The van der Waals surface area contributed by atoms with Crippen LogP contribution >= 0.6 is 0 Å². The Labute approximate surface area is 381 Å². The van der Waals surface area contributed by atoms with Crippen LogP contribution in [0.5, 0.6) is 0 Å². The Morgan fingerprint density at radius 3 is 1.14 bits per heavy atom. The lowest BCUT2D eigenvalue weighted by atomic mass is 10.1. The molecule has 9 aromatic carbocycles. The number of nitriles is 1. The summed E-state index contributed by atoms with van der Waals surface area (Å²) in [5.74, 6) is 1.30. The first-order chi connectivity index (χ1) is 32.7.